The number of benzene rings is 2. The molecule has 1 fully saturated rings. The van der Waals surface area contributed by atoms with Crippen LogP contribution in [0, 0.1) is 5.82 Å². The molecule has 3 aromatic rings. The summed E-state index contributed by atoms with van der Waals surface area (Å²) in [4.78, 5) is 16.7. The minimum atomic E-state index is -0.230. The maximum absolute atomic E-state index is 13.1. The molecule has 0 saturated carbocycles. The van der Waals surface area contributed by atoms with Crippen LogP contribution in [0.2, 0.25) is 0 Å². The summed E-state index contributed by atoms with van der Waals surface area (Å²) in [6, 6.07) is 16.3. The molecule has 0 radical (unpaired) electrons. The number of rotatable bonds is 4. The maximum atomic E-state index is 13.1. The number of piperazine rings is 1. The van der Waals surface area contributed by atoms with E-state index in [0.717, 1.165) is 30.0 Å². The molecule has 0 N–H and O–H groups in total. The fourth-order valence-electron chi connectivity index (χ4n) is 3.34. The number of halogens is 1. The average Bonchev–Trinajstić information content (AvgIpc) is 3.24. The van der Waals surface area contributed by atoms with Gasteiger partial charge in [-0.25, -0.2) is 9.07 Å². The molecule has 0 spiro atoms. The fraction of sp³-hybridized carbons (Fsp3) is 0.238. The largest absolute Gasteiger partial charge is 0.368 e. The van der Waals surface area contributed by atoms with E-state index < -0.39 is 0 Å². The Morgan fingerprint density at radius 3 is 2.22 bits per heavy atom. The summed E-state index contributed by atoms with van der Waals surface area (Å²) < 4.78 is 14.8. The number of aromatic nitrogens is 2. The first-order valence-corrected chi connectivity index (χ1v) is 9.06. The predicted octanol–water partition coefficient (Wildman–Crippen LogP) is 2.90. The molecule has 2 heterocycles. The van der Waals surface area contributed by atoms with E-state index in [4.69, 9.17) is 0 Å². The summed E-state index contributed by atoms with van der Waals surface area (Å²) in [5.41, 5.74) is 2.97. The highest BCUT2D eigenvalue weighted by molar-refractivity contribution is 5.79. The van der Waals surface area contributed by atoms with Crippen LogP contribution >= 0.6 is 0 Å². The van der Waals surface area contributed by atoms with Crippen molar-refractivity contribution < 1.29 is 9.18 Å². The van der Waals surface area contributed by atoms with Gasteiger partial charge in [-0.2, -0.15) is 5.10 Å². The second kappa shape index (κ2) is 7.61. The summed E-state index contributed by atoms with van der Waals surface area (Å²) in [6.07, 6.45) is 4.03. The van der Waals surface area contributed by atoms with Crippen molar-refractivity contribution >= 4 is 11.6 Å². The Bertz CT molecular complexity index is 883. The van der Waals surface area contributed by atoms with Crippen molar-refractivity contribution in [3.05, 3.63) is 78.4 Å². The zero-order chi connectivity index (χ0) is 18.6. The van der Waals surface area contributed by atoms with Crippen molar-refractivity contribution in [2.45, 2.75) is 6.42 Å². The van der Waals surface area contributed by atoms with Gasteiger partial charge in [-0.05, 0) is 48.0 Å². The van der Waals surface area contributed by atoms with Crippen LogP contribution < -0.4 is 4.90 Å². The topological polar surface area (TPSA) is 41.4 Å². The molecule has 138 valence electrons. The van der Waals surface area contributed by atoms with Crippen LogP contribution in [0.1, 0.15) is 5.56 Å². The first-order chi connectivity index (χ1) is 13.2. The fourth-order valence-corrected chi connectivity index (χ4v) is 3.34. The molecule has 4 rings (SSSR count). The molecule has 6 heteroatoms. The molecular formula is C21H21FN4O. The lowest BCUT2D eigenvalue weighted by Crippen LogP contribution is -2.49. The zero-order valence-electron chi connectivity index (χ0n) is 15.0. The molecule has 27 heavy (non-hydrogen) atoms. The van der Waals surface area contributed by atoms with Crippen molar-refractivity contribution in [3.8, 4) is 5.69 Å². The molecule has 0 aliphatic carbocycles. The highest BCUT2D eigenvalue weighted by Gasteiger charge is 2.21. The number of nitrogens with zero attached hydrogens (tertiary/aromatic N) is 4. The molecular weight excluding hydrogens is 343 g/mol. The van der Waals surface area contributed by atoms with Crippen LogP contribution in [0.3, 0.4) is 0 Å². The number of anilines is 1. The molecule has 1 aromatic heterocycles. The average molecular weight is 364 g/mol. The zero-order valence-corrected chi connectivity index (χ0v) is 15.0. The standard InChI is InChI=1S/C21H21FN4O/c22-18-4-8-19(9-5-18)24-12-14-25(15-13-24)21(27)16-17-2-6-20(7-3-17)26-11-1-10-23-26/h1-11H,12-16H2. The Hall–Kier alpha value is -3.15. The molecule has 1 aliphatic heterocycles. The van der Waals surface area contributed by atoms with Crippen LogP contribution in [-0.4, -0.2) is 46.8 Å². The van der Waals surface area contributed by atoms with E-state index in [0.29, 0.717) is 19.5 Å². The Kier molecular flexibility index (Phi) is 4.87. The monoisotopic (exact) mass is 364 g/mol. The van der Waals surface area contributed by atoms with E-state index in [2.05, 4.69) is 10.00 Å². The van der Waals surface area contributed by atoms with Gasteiger partial charge in [-0.3, -0.25) is 4.79 Å². The summed E-state index contributed by atoms with van der Waals surface area (Å²) in [5.74, 6) is -0.0910. The molecule has 5 nitrogen and oxygen atoms in total. The third-order valence-electron chi connectivity index (χ3n) is 4.88. The Morgan fingerprint density at radius 1 is 0.926 bits per heavy atom. The van der Waals surface area contributed by atoms with Gasteiger partial charge in [0.2, 0.25) is 5.91 Å². The van der Waals surface area contributed by atoms with E-state index in [1.807, 2.05) is 41.4 Å². The Labute approximate surface area is 157 Å². The van der Waals surface area contributed by atoms with E-state index in [1.165, 1.54) is 12.1 Å². The first-order valence-electron chi connectivity index (χ1n) is 9.06. The van der Waals surface area contributed by atoms with Gasteiger partial charge in [-0.1, -0.05) is 12.1 Å². The number of amides is 1. The molecule has 1 aliphatic rings. The number of hydrogen-bond acceptors (Lipinski definition) is 3. The maximum Gasteiger partial charge on any atom is 0.227 e. The quantitative estimate of drug-likeness (QED) is 0.715. The van der Waals surface area contributed by atoms with Crippen molar-refractivity contribution in [1.82, 2.24) is 14.7 Å². The summed E-state index contributed by atoms with van der Waals surface area (Å²) in [6.45, 7) is 2.88. The second-order valence-corrected chi connectivity index (χ2v) is 6.64. The first kappa shape index (κ1) is 17.3. The summed E-state index contributed by atoms with van der Waals surface area (Å²) >= 11 is 0. The molecule has 0 unspecified atom stereocenters. The number of carbonyl (C=O) groups excluding carboxylic acids is 1. The van der Waals surface area contributed by atoms with Crippen molar-refractivity contribution in [2.75, 3.05) is 31.1 Å². The third kappa shape index (κ3) is 4.00. The molecule has 0 bridgehead atoms. The summed E-state index contributed by atoms with van der Waals surface area (Å²) in [7, 11) is 0. The second-order valence-electron chi connectivity index (χ2n) is 6.64. The third-order valence-corrected chi connectivity index (χ3v) is 4.88. The van der Waals surface area contributed by atoms with Gasteiger partial charge in [0.05, 0.1) is 12.1 Å². The van der Waals surface area contributed by atoms with Crippen LogP contribution in [0.4, 0.5) is 10.1 Å². The predicted molar refractivity (Wildman–Crippen MR) is 102 cm³/mol. The van der Waals surface area contributed by atoms with Gasteiger partial charge in [0, 0.05) is 44.3 Å². The SMILES string of the molecule is O=C(Cc1ccc(-n2cccn2)cc1)N1CCN(c2ccc(F)cc2)CC1. The number of hydrogen-bond donors (Lipinski definition) is 0. The highest BCUT2D eigenvalue weighted by Crippen LogP contribution is 2.17. The van der Waals surface area contributed by atoms with Crippen molar-refractivity contribution in [1.29, 1.82) is 0 Å². The van der Waals surface area contributed by atoms with Crippen LogP contribution in [0.15, 0.2) is 67.0 Å². The van der Waals surface area contributed by atoms with E-state index in [1.54, 1.807) is 23.0 Å². The minimum Gasteiger partial charge on any atom is -0.368 e. The lowest BCUT2D eigenvalue weighted by Gasteiger charge is -2.36. The molecule has 2 aromatic carbocycles. The van der Waals surface area contributed by atoms with E-state index in [-0.39, 0.29) is 11.7 Å². The lowest BCUT2D eigenvalue weighted by atomic mass is 10.1. The Balaban J connectivity index is 1.32. The molecule has 0 atom stereocenters. The van der Waals surface area contributed by atoms with Crippen molar-refractivity contribution in [2.24, 2.45) is 0 Å². The van der Waals surface area contributed by atoms with Gasteiger partial charge < -0.3 is 9.80 Å². The van der Waals surface area contributed by atoms with Gasteiger partial charge >= 0.3 is 0 Å². The lowest BCUT2D eigenvalue weighted by molar-refractivity contribution is -0.130. The number of carbonyl (C=O) groups is 1. The van der Waals surface area contributed by atoms with Crippen LogP contribution in [0.25, 0.3) is 5.69 Å². The van der Waals surface area contributed by atoms with Gasteiger partial charge in [0.15, 0.2) is 0 Å². The minimum absolute atomic E-state index is 0.139. The van der Waals surface area contributed by atoms with Crippen LogP contribution in [0.5, 0.6) is 0 Å². The normalized spacial score (nSPS) is 14.4. The molecule has 1 saturated heterocycles. The highest BCUT2D eigenvalue weighted by atomic mass is 19.1. The smallest absolute Gasteiger partial charge is 0.227 e. The van der Waals surface area contributed by atoms with Crippen molar-refractivity contribution in [3.63, 3.8) is 0 Å². The van der Waals surface area contributed by atoms with Gasteiger partial charge in [-0.15, -0.1) is 0 Å². The Morgan fingerprint density at radius 2 is 1.59 bits per heavy atom. The summed E-state index contributed by atoms with van der Waals surface area (Å²) in [5, 5.41) is 4.20. The van der Waals surface area contributed by atoms with E-state index in [9.17, 15) is 9.18 Å². The van der Waals surface area contributed by atoms with Gasteiger partial charge in [0.1, 0.15) is 5.82 Å². The van der Waals surface area contributed by atoms with Crippen LogP contribution in [-0.2, 0) is 11.2 Å². The molecule has 1 amide bonds. The van der Waals surface area contributed by atoms with E-state index >= 15 is 0 Å². The van der Waals surface area contributed by atoms with Gasteiger partial charge in [0.25, 0.3) is 0 Å².